The molecule has 0 saturated carbocycles. The molecule has 1 aliphatic carbocycles. The molecule has 0 spiro atoms. The summed E-state index contributed by atoms with van der Waals surface area (Å²) in [6.07, 6.45) is 8.03. The van der Waals surface area contributed by atoms with Crippen molar-refractivity contribution in [1.29, 1.82) is 0 Å². The normalized spacial score (nSPS) is 27.6. The molecular weight excluding hydrogens is 236 g/mol. The van der Waals surface area contributed by atoms with Gasteiger partial charge in [-0.1, -0.05) is 23.8 Å². The van der Waals surface area contributed by atoms with Crippen molar-refractivity contribution >= 4 is 23.6 Å². The lowest BCUT2D eigenvalue weighted by Gasteiger charge is -2.34. The van der Waals surface area contributed by atoms with Crippen LogP contribution in [0.1, 0.15) is 13.3 Å². The van der Waals surface area contributed by atoms with Gasteiger partial charge < -0.3 is 11.5 Å². The summed E-state index contributed by atoms with van der Waals surface area (Å²) in [5.41, 5.74) is 10.7. The Morgan fingerprint density at radius 3 is 2.59 bits per heavy atom. The summed E-state index contributed by atoms with van der Waals surface area (Å²) >= 11 is 1.68. The molecule has 1 aliphatic rings. The number of hydrogen-bond donors (Lipinski definition) is 2. The highest BCUT2D eigenvalue weighted by Crippen LogP contribution is 2.38. The van der Waals surface area contributed by atoms with Gasteiger partial charge >= 0.3 is 0 Å². The molecule has 0 aromatic heterocycles. The number of rotatable bonds is 5. The molecule has 2 amide bonds. The summed E-state index contributed by atoms with van der Waals surface area (Å²) in [5, 5.41) is 0. The van der Waals surface area contributed by atoms with Crippen LogP contribution in [0.25, 0.3) is 0 Å². The Morgan fingerprint density at radius 2 is 2.12 bits per heavy atom. The van der Waals surface area contributed by atoms with Gasteiger partial charge in [0, 0.05) is 0 Å². The van der Waals surface area contributed by atoms with E-state index in [0.717, 1.165) is 17.7 Å². The zero-order valence-electron chi connectivity index (χ0n) is 10.1. The molecule has 4 nitrogen and oxygen atoms in total. The van der Waals surface area contributed by atoms with E-state index in [9.17, 15) is 9.59 Å². The highest BCUT2D eigenvalue weighted by molar-refractivity contribution is 7.98. The Hall–Kier alpha value is -1.23. The average molecular weight is 254 g/mol. The van der Waals surface area contributed by atoms with E-state index >= 15 is 0 Å². The largest absolute Gasteiger partial charge is 0.369 e. The second-order valence-electron chi connectivity index (χ2n) is 4.33. The van der Waals surface area contributed by atoms with Crippen LogP contribution in [-0.4, -0.2) is 23.8 Å². The lowest BCUT2D eigenvalue weighted by Crippen LogP contribution is -2.47. The van der Waals surface area contributed by atoms with Crippen molar-refractivity contribution in [2.24, 2.45) is 22.8 Å². The summed E-state index contributed by atoms with van der Waals surface area (Å²) in [6, 6.07) is 0. The minimum atomic E-state index is -1.01. The van der Waals surface area contributed by atoms with Crippen molar-refractivity contribution < 1.29 is 9.59 Å². The van der Waals surface area contributed by atoms with Crippen LogP contribution in [0.2, 0.25) is 0 Å². The second kappa shape index (κ2) is 5.40. The molecule has 0 fully saturated rings. The zero-order chi connectivity index (χ0) is 13.1. The molecule has 17 heavy (non-hydrogen) atoms. The molecule has 94 valence electrons. The number of thioether (sulfide) groups is 1. The van der Waals surface area contributed by atoms with Gasteiger partial charge in [0.1, 0.15) is 0 Å². The number of allylic oxidation sites excluding steroid dienone is 2. The van der Waals surface area contributed by atoms with Crippen LogP contribution in [0.4, 0.5) is 0 Å². The maximum Gasteiger partial charge on any atom is 0.228 e. The first-order valence-corrected chi connectivity index (χ1v) is 6.79. The molecule has 0 heterocycles. The second-order valence-corrected chi connectivity index (χ2v) is 5.31. The standard InChI is InChI=1S/C12H18N2O2S/c1-12(11(14)16)6-3-4-8(5-7-17-2)9(12)10(13)15/h3-4,6,9H,5,7H2,1-2H3,(H2,13,15)(H2,14,16)/t9?,12-/m0/s1. The van der Waals surface area contributed by atoms with Gasteiger partial charge in [-0.15, -0.1) is 0 Å². The first kappa shape index (κ1) is 13.8. The van der Waals surface area contributed by atoms with E-state index in [1.807, 2.05) is 12.3 Å². The Labute approximate surface area is 105 Å². The van der Waals surface area contributed by atoms with Crippen LogP contribution in [0.3, 0.4) is 0 Å². The van der Waals surface area contributed by atoms with E-state index in [2.05, 4.69) is 0 Å². The summed E-state index contributed by atoms with van der Waals surface area (Å²) < 4.78 is 0. The van der Waals surface area contributed by atoms with Crippen LogP contribution in [-0.2, 0) is 9.59 Å². The predicted molar refractivity (Wildman–Crippen MR) is 70.2 cm³/mol. The van der Waals surface area contributed by atoms with Crippen molar-refractivity contribution in [3.8, 4) is 0 Å². The summed E-state index contributed by atoms with van der Waals surface area (Å²) in [6.45, 7) is 1.66. The maximum absolute atomic E-state index is 11.6. The number of carbonyl (C=O) groups excluding carboxylic acids is 2. The van der Waals surface area contributed by atoms with Gasteiger partial charge in [-0.3, -0.25) is 9.59 Å². The third-order valence-electron chi connectivity index (χ3n) is 3.13. The number of primary amides is 2. The average Bonchev–Trinajstić information content (AvgIpc) is 2.25. The predicted octanol–water partition coefficient (Wildman–Crippen LogP) is 0.829. The van der Waals surface area contributed by atoms with Crippen molar-refractivity contribution in [3.63, 3.8) is 0 Å². The van der Waals surface area contributed by atoms with E-state index in [-0.39, 0.29) is 0 Å². The molecule has 1 rings (SSSR count). The summed E-state index contributed by atoms with van der Waals surface area (Å²) in [5.74, 6) is -0.759. The molecule has 0 aromatic rings. The van der Waals surface area contributed by atoms with E-state index in [0.29, 0.717) is 0 Å². The fourth-order valence-corrected chi connectivity index (χ4v) is 2.54. The summed E-state index contributed by atoms with van der Waals surface area (Å²) in [4.78, 5) is 23.1. The third kappa shape index (κ3) is 2.72. The smallest absolute Gasteiger partial charge is 0.228 e. The van der Waals surface area contributed by atoms with Gasteiger partial charge in [0.2, 0.25) is 11.8 Å². The molecule has 0 aromatic carbocycles. The van der Waals surface area contributed by atoms with Crippen molar-refractivity contribution in [1.82, 2.24) is 0 Å². The fourth-order valence-electron chi connectivity index (χ4n) is 2.10. The van der Waals surface area contributed by atoms with Crippen LogP contribution in [0, 0.1) is 11.3 Å². The van der Waals surface area contributed by atoms with Gasteiger partial charge in [-0.2, -0.15) is 11.8 Å². The monoisotopic (exact) mass is 254 g/mol. The van der Waals surface area contributed by atoms with Gasteiger partial charge in [-0.25, -0.2) is 0 Å². The van der Waals surface area contributed by atoms with Gasteiger partial charge in [-0.05, 0) is 25.4 Å². The van der Waals surface area contributed by atoms with Crippen LogP contribution in [0.5, 0.6) is 0 Å². The van der Waals surface area contributed by atoms with Gasteiger partial charge in [0.05, 0.1) is 11.3 Å². The quantitative estimate of drug-likeness (QED) is 0.762. The fraction of sp³-hybridized carbons (Fsp3) is 0.500. The highest BCUT2D eigenvalue weighted by Gasteiger charge is 2.44. The molecule has 5 heteroatoms. The SMILES string of the molecule is CSCCC1=CC=C[C@](C)(C(N)=O)C1C(N)=O. The number of hydrogen-bond acceptors (Lipinski definition) is 3. The van der Waals surface area contributed by atoms with Crippen LogP contribution in [0.15, 0.2) is 23.8 Å². The third-order valence-corrected chi connectivity index (χ3v) is 3.75. The van der Waals surface area contributed by atoms with Crippen molar-refractivity contribution in [2.45, 2.75) is 13.3 Å². The number of amides is 2. The lowest BCUT2D eigenvalue weighted by atomic mass is 9.69. The molecule has 2 atom stereocenters. The minimum absolute atomic E-state index is 0.497. The number of nitrogens with two attached hydrogens (primary N) is 2. The number of carbonyl (C=O) groups is 2. The first-order chi connectivity index (χ1) is 7.93. The molecule has 1 unspecified atom stereocenters. The van der Waals surface area contributed by atoms with Crippen LogP contribution < -0.4 is 11.5 Å². The molecular formula is C12H18N2O2S. The van der Waals surface area contributed by atoms with Crippen molar-refractivity contribution in [2.75, 3.05) is 12.0 Å². The van der Waals surface area contributed by atoms with E-state index in [1.54, 1.807) is 30.8 Å². The zero-order valence-corrected chi connectivity index (χ0v) is 10.9. The van der Waals surface area contributed by atoms with Gasteiger partial charge in [0.15, 0.2) is 0 Å². The van der Waals surface area contributed by atoms with Crippen molar-refractivity contribution in [3.05, 3.63) is 23.8 Å². The Morgan fingerprint density at radius 1 is 1.47 bits per heavy atom. The summed E-state index contributed by atoms with van der Waals surface area (Å²) in [7, 11) is 0. The molecule has 0 radical (unpaired) electrons. The van der Waals surface area contributed by atoms with E-state index in [4.69, 9.17) is 11.5 Å². The maximum atomic E-state index is 11.6. The van der Waals surface area contributed by atoms with E-state index < -0.39 is 23.1 Å². The first-order valence-electron chi connectivity index (χ1n) is 5.40. The Balaban J connectivity index is 3.07. The molecule has 4 N–H and O–H groups in total. The highest BCUT2D eigenvalue weighted by atomic mass is 32.2. The Bertz CT molecular complexity index is 390. The molecule has 0 bridgehead atoms. The van der Waals surface area contributed by atoms with E-state index in [1.165, 1.54) is 0 Å². The lowest BCUT2D eigenvalue weighted by molar-refractivity contribution is -0.133. The minimum Gasteiger partial charge on any atom is -0.369 e. The van der Waals surface area contributed by atoms with Crippen LogP contribution >= 0.6 is 11.8 Å². The molecule has 0 saturated heterocycles. The topological polar surface area (TPSA) is 86.2 Å². The molecule has 0 aliphatic heterocycles. The van der Waals surface area contributed by atoms with Gasteiger partial charge in [0.25, 0.3) is 0 Å². The Kier molecular flexibility index (Phi) is 4.40.